The molecule has 9 atom stereocenters. The predicted octanol–water partition coefficient (Wildman–Crippen LogP) is 1.83. The zero-order valence-corrected chi connectivity index (χ0v) is 26.3. The Morgan fingerprint density at radius 1 is 0.957 bits per heavy atom. The number of carbonyl (C=O) groups is 1. The molecule has 1 aromatic heterocycles. The summed E-state index contributed by atoms with van der Waals surface area (Å²) in [6.45, 7) is 4.96. The monoisotopic (exact) mass is 660 g/mol. The van der Waals surface area contributed by atoms with Gasteiger partial charge in [-0.2, -0.15) is 0 Å². The van der Waals surface area contributed by atoms with Gasteiger partial charge in [0, 0.05) is 36.6 Å². The maximum atomic E-state index is 12.9. The smallest absolute Gasteiger partial charge is 0.306 e. The molecule has 0 aliphatic carbocycles. The third kappa shape index (κ3) is 7.87. The molecule has 3 heterocycles. The van der Waals surface area contributed by atoms with E-state index in [2.05, 4.69) is 0 Å². The first kappa shape index (κ1) is 34.6. The average molecular weight is 661 g/mol. The number of hydrogen-bond acceptors (Lipinski definition) is 14. The van der Waals surface area contributed by atoms with Crippen LogP contribution in [0.3, 0.4) is 0 Å². The quantitative estimate of drug-likeness (QED) is 0.197. The van der Waals surface area contributed by atoms with Gasteiger partial charge in [-0.3, -0.25) is 9.59 Å². The number of esters is 1. The standard InChI is InChI=1S/C33H40O14/c1-15(2)9-26(37)47-31-28(38)16(3)43-32(30(31)40)42-14-20-11-23(36)29(39)33(45-20)44-19-10-21(34)27-22(35)13-24(46-25(27)12-19)17-5-7-18(41-4)8-6-17/h5-8,10,12-13,15-16,20,23,28-34,36,38-40H,9,11,14H2,1-4H3/t16-,20+,23-,28+,29-,30-,31-,32-,33-/m1/s1. The molecular formula is C33H40O14. The Labute approximate surface area is 270 Å². The number of aromatic hydroxyl groups is 1. The number of benzene rings is 2. The first-order valence-corrected chi connectivity index (χ1v) is 15.3. The van der Waals surface area contributed by atoms with Crippen molar-refractivity contribution in [2.24, 2.45) is 5.92 Å². The van der Waals surface area contributed by atoms with Crippen molar-refractivity contribution in [3.05, 3.63) is 52.7 Å². The molecule has 14 heteroatoms. The van der Waals surface area contributed by atoms with E-state index in [1.165, 1.54) is 26.2 Å². The van der Waals surface area contributed by atoms with Crippen LogP contribution in [0.15, 0.2) is 51.7 Å². The van der Waals surface area contributed by atoms with Crippen LogP contribution < -0.4 is 14.9 Å². The summed E-state index contributed by atoms with van der Waals surface area (Å²) in [4.78, 5) is 25.1. The Bertz CT molecular complexity index is 1590. The van der Waals surface area contributed by atoms with E-state index in [0.29, 0.717) is 11.3 Å². The highest BCUT2D eigenvalue weighted by Crippen LogP contribution is 2.34. The van der Waals surface area contributed by atoms with E-state index in [0.717, 1.165) is 6.07 Å². The SMILES string of the molecule is COc1ccc(-c2cc(=O)c3c(O)cc(O[C@@H]4O[C@H](CO[C@@H]5O[C@H](C)[C@H](O)[C@@H](OC(=O)CC(C)C)[C@H]5O)C[C@@H](O)[C@H]4O)cc3o2)cc1. The number of phenols is 1. The maximum absolute atomic E-state index is 12.9. The van der Waals surface area contributed by atoms with Crippen LogP contribution in [0.4, 0.5) is 0 Å². The number of hydrogen-bond donors (Lipinski definition) is 5. The molecule has 2 aliphatic rings. The third-order valence-electron chi connectivity index (χ3n) is 7.98. The minimum Gasteiger partial charge on any atom is -0.507 e. The van der Waals surface area contributed by atoms with E-state index in [4.69, 9.17) is 32.8 Å². The zero-order valence-electron chi connectivity index (χ0n) is 26.3. The number of phenolic OH excluding ortho intramolecular Hbond substituents is 1. The van der Waals surface area contributed by atoms with Gasteiger partial charge in [-0.1, -0.05) is 13.8 Å². The summed E-state index contributed by atoms with van der Waals surface area (Å²) in [6, 6.07) is 10.6. The molecular weight excluding hydrogens is 620 g/mol. The normalized spacial score (nSPS) is 29.5. The molecule has 0 radical (unpaired) electrons. The lowest BCUT2D eigenvalue weighted by Crippen LogP contribution is -2.59. The van der Waals surface area contributed by atoms with Crippen LogP contribution in [0.25, 0.3) is 22.3 Å². The highest BCUT2D eigenvalue weighted by molar-refractivity contribution is 5.86. The van der Waals surface area contributed by atoms with Gasteiger partial charge < -0.3 is 58.4 Å². The minimum atomic E-state index is -1.53. The molecule has 2 aromatic carbocycles. The number of rotatable bonds is 10. The van der Waals surface area contributed by atoms with Gasteiger partial charge in [-0.05, 0) is 37.1 Å². The molecule has 0 bridgehead atoms. The molecule has 2 fully saturated rings. The number of aliphatic hydroxyl groups excluding tert-OH is 4. The Balaban J connectivity index is 1.28. The summed E-state index contributed by atoms with van der Waals surface area (Å²) in [5.41, 5.74) is 0.102. The maximum Gasteiger partial charge on any atom is 0.306 e. The van der Waals surface area contributed by atoms with E-state index in [-0.39, 0.29) is 47.8 Å². The third-order valence-corrected chi connectivity index (χ3v) is 7.98. The second kappa shape index (κ2) is 14.6. The van der Waals surface area contributed by atoms with Crippen molar-refractivity contribution in [2.75, 3.05) is 13.7 Å². The van der Waals surface area contributed by atoms with Gasteiger partial charge in [0.25, 0.3) is 0 Å². The summed E-state index contributed by atoms with van der Waals surface area (Å²) < 4.78 is 39.5. The fourth-order valence-corrected chi connectivity index (χ4v) is 5.47. The molecule has 14 nitrogen and oxygen atoms in total. The zero-order chi connectivity index (χ0) is 34.0. The van der Waals surface area contributed by atoms with E-state index >= 15 is 0 Å². The van der Waals surface area contributed by atoms with Crippen LogP contribution in [-0.2, 0) is 23.7 Å². The molecule has 47 heavy (non-hydrogen) atoms. The van der Waals surface area contributed by atoms with Crippen LogP contribution in [0.5, 0.6) is 17.2 Å². The van der Waals surface area contributed by atoms with Gasteiger partial charge in [0.05, 0.1) is 32.0 Å². The molecule has 0 spiro atoms. The molecule has 0 amide bonds. The lowest BCUT2D eigenvalue weighted by atomic mass is 9.99. The Morgan fingerprint density at radius 3 is 2.36 bits per heavy atom. The van der Waals surface area contributed by atoms with Crippen molar-refractivity contribution < 1.29 is 63.2 Å². The molecule has 2 saturated heterocycles. The molecule has 2 aliphatic heterocycles. The molecule has 5 rings (SSSR count). The van der Waals surface area contributed by atoms with Crippen molar-refractivity contribution in [1.29, 1.82) is 0 Å². The summed E-state index contributed by atoms with van der Waals surface area (Å²) in [6.07, 6.45) is -11.4. The first-order valence-electron chi connectivity index (χ1n) is 15.3. The van der Waals surface area contributed by atoms with E-state index in [1.807, 2.05) is 13.8 Å². The van der Waals surface area contributed by atoms with Gasteiger partial charge in [-0.25, -0.2) is 0 Å². The largest absolute Gasteiger partial charge is 0.507 e. The topological polar surface area (TPSA) is 204 Å². The van der Waals surface area contributed by atoms with Crippen LogP contribution in [0.1, 0.15) is 33.6 Å². The molecule has 256 valence electrons. The van der Waals surface area contributed by atoms with Crippen molar-refractivity contribution >= 4 is 16.9 Å². The van der Waals surface area contributed by atoms with Crippen molar-refractivity contribution in [3.8, 4) is 28.6 Å². The second-order valence-electron chi connectivity index (χ2n) is 12.1. The summed E-state index contributed by atoms with van der Waals surface area (Å²) in [5.74, 6) is -0.182. The van der Waals surface area contributed by atoms with E-state index in [1.54, 1.807) is 24.3 Å². The lowest BCUT2D eigenvalue weighted by Gasteiger charge is -2.42. The Hall–Kier alpha value is -3.76. The second-order valence-corrected chi connectivity index (χ2v) is 12.1. The van der Waals surface area contributed by atoms with Crippen LogP contribution in [-0.4, -0.2) is 101 Å². The van der Waals surface area contributed by atoms with Crippen molar-refractivity contribution in [3.63, 3.8) is 0 Å². The number of aliphatic hydroxyl groups is 4. The average Bonchev–Trinajstić information content (AvgIpc) is 3.02. The predicted molar refractivity (Wildman–Crippen MR) is 164 cm³/mol. The van der Waals surface area contributed by atoms with E-state index < -0.39 is 72.5 Å². The van der Waals surface area contributed by atoms with Gasteiger partial charge in [-0.15, -0.1) is 0 Å². The van der Waals surface area contributed by atoms with E-state index in [9.17, 15) is 35.1 Å². The van der Waals surface area contributed by atoms with Crippen molar-refractivity contribution in [1.82, 2.24) is 0 Å². The summed E-state index contributed by atoms with van der Waals surface area (Å²) in [5, 5.41) is 53.1. The van der Waals surface area contributed by atoms with Crippen LogP contribution in [0.2, 0.25) is 0 Å². The number of methoxy groups -OCH3 is 1. The van der Waals surface area contributed by atoms with Gasteiger partial charge >= 0.3 is 5.97 Å². The summed E-state index contributed by atoms with van der Waals surface area (Å²) in [7, 11) is 1.53. The minimum absolute atomic E-state index is 0.00689. The fourth-order valence-electron chi connectivity index (χ4n) is 5.47. The molecule has 0 unspecified atom stereocenters. The highest BCUT2D eigenvalue weighted by atomic mass is 16.7. The highest BCUT2D eigenvalue weighted by Gasteiger charge is 2.47. The number of carbonyl (C=O) groups excluding carboxylic acids is 1. The van der Waals surface area contributed by atoms with Gasteiger partial charge in [0.2, 0.25) is 6.29 Å². The van der Waals surface area contributed by atoms with Gasteiger partial charge in [0.15, 0.2) is 17.8 Å². The Morgan fingerprint density at radius 2 is 1.68 bits per heavy atom. The fraction of sp³-hybridized carbons (Fsp3) is 0.515. The van der Waals surface area contributed by atoms with Crippen LogP contribution >= 0.6 is 0 Å². The first-order chi connectivity index (χ1) is 22.3. The number of ether oxygens (including phenoxy) is 6. The molecule has 5 N–H and O–H groups in total. The van der Waals surface area contributed by atoms with Crippen LogP contribution in [0, 0.1) is 5.92 Å². The lowest BCUT2D eigenvalue weighted by molar-refractivity contribution is -0.309. The molecule has 3 aromatic rings. The molecule has 0 saturated carbocycles. The Kier molecular flexibility index (Phi) is 10.7. The van der Waals surface area contributed by atoms with Gasteiger partial charge in [0.1, 0.15) is 52.3 Å². The van der Waals surface area contributed by atoms with Crippen molar-refractivity contribution in [2.45, 2.75) is 88.9 Å². The number of fused-ring (bicyclic) bond motifs is 1. The summed E-state index contributed by atoms with van der Waals surface area (Å²) >= 11 is 0.